The first kappa shape index (κ1) is 15.3. The Morgan fingerprint density at radius 3 is 2.74 bits per heavy atom. The van der Waals surface area contributed by atoms with E-state index in [1.54, 1.807) is 0 Å². The van der Waals surface area contributed by atoms with Crippen molar-refractivity contribution in [3.8, 4) is 0 Å². The van der Waals surface area contributed by atoms with Crippen LogP contribution in [0.25, 0.3) is 0 Å². The molecule has 1 fully saturated rings. The topological polar surface area (TPSA) is 142 Å². The van der Waals surface area contributed by atoms with Crippen LogP contribution in [0, 0.1) is 0 Å². The van der Waals surface area contributed by atoms with Crippen LogP contribution in [0.5, 0.6) is 0 Å². The summed E-state index contributed by atoms with van der Waals surface area (Å²) in [6.45, 7) is 0.268. The molecule has 2 aromatic heterocycles. The second-order valence-corrected chi connectivity index (χ2v) is 5.54. The van der Waals surface area contributed by atoms with Gasteiger partial charge < -0.3 is 15.2 Å². The van der Waals surface area contributed by atoms with Gasteiger partial charge in [-0.1, -0.05) is 24.4 Å². The molecule has 124 valence electrons. The zero-order valence-corrected chi connectivity index (χ0v) is 12.6. The van der Waals surface area contributed by atoms with Crippen molar-refractivity contribution in [2.24, 2.45) is 0 Å². The van der Waals surface area contributed by atoms with Crippen molar-refractivity contribution >= 4 is 6.03 Å². The minimum atomic E-state index is -0.414. The van der Waals surface area contributed by atoms with Crippen LogP contribution in [0.4, 0.5) is 4.79 Å². The van der Waals surface area contributed by atoms with Crippen molar-refractivity contribution in [2.75, 3.05) is 0 Å². The predicted molar refractivity (Wildman–Crippen MR) is 78.4 cm³/mol. The lowest BCUT2D eigenvalue weighted by molar-refractivity contribution is 0.238. The summed E-state index contributed by atoms with van der Waals surface area (Å²) in [5, 5.41) is 15.1. The molecule has 2 aromatic rings. The Bertz CT molecular complexity index is 698. The molecule has 2 heterocycles. The van der Waals surface area contributed by atoms with Crippen LogP contribution in [0.1, 0.15) is 55.6 Å². The van der Waals surface area contributed by atoms with Crippen molar-refractivity contribution < 1.29 is 9.32 Å². The van der Waals surface area contributed by atoms with Crippen LogP contribution >= 0.6 is 0 Å². The minimum absolute atomic E-state index is 0.113. The summed E-state index contributed by atoms with van der Waals surface area (Å²) in [4.78, 5) is 29.3. The summed E-state index contributed by atoms with van der Waals surface area (Å²) in [5.41, 5.74) is -0.414. The van der Waals surface area contributed by atoms with Gasteiger partial charge in [0, 0.05) is 5.92 Å². The van der Waals surface area contributed by atoms with Gasteiger partial charge in [-0.3, -0.25) is 4.98 Å². The number of H-pyrrole nitrogens is 2. The first-order valence-electron chi connectivity index (χ1n) is 7.68. The maximum absolute atomic E-state index is 11.7. The van der Waals surface area contributed by atoms with E-state index in [2.05, 4.69) is 36.0 Å². The molecule has 1 aliphatic carbocycles. The van der Waals surface area contributed by atoms with Gasteiger partial charge in [0.05, 0.1) is 13.1 Å². The Morgan fingerprint density at radius 2 is 2.00 bits per heavy atom. The van der Waals surface area contributed by atoms with Gasteiger partial charge in [0.15, 0.2) is 5.82 Å². The Balaban J connectivity index is 1.43. The van der Waals surface area contributed by atoms with E-state index in [1.165, 1.54) is 19.3 Å². The second-order valence-electron chi connectivity index (χ2n) is 5.54. The summed E-state index contributed by atoms with van der Waals surface area (Å²) < 4.78 is 5.17. The van der Waals surface area contributed by atoms with E-state index in [1.807, 2.05) is 0 Å². The fourth-order valence-electron chi connectivity index (χ4n) is 2.64. The highest BCUT2D eigenvalue weighted by molar-refractivity contribution is 5.73. The quantitative estimate of drug-likeness (QED) is 0.633. The molecule has 0 spiro atoms. The van der Waals surface area contributed by atoms with Crippen LogP contribution in [-0.4, -0.2) is 31.4 Å². The number of nitrogens with zero attached hydrogens (tertiary/aromatic N) is 3. The summed E-state index contributed by atoms with van der Waals surface area (Å²) in [6, 6.07) is -0.411. The molecular formula is C13H19N7O3. The lowest BCUT2D eigenvalue weighted by Crippen LogP contribution is -2.35. The lowest BCUT2D eigenvalue weighted by atomic mass is 9.89. The summed E-state index contributed by atoms with van der Waals surface area (Å²) in [7, 11) is 0. The van der Waals surface area contributed by atoms with Crippen molar-refractivity contribution in [1.82, 2.24) is 36.0 Å². The van der Waals surface area contributed by atoms with Gasteiger partial charge in [-0.25, -0.2) is 14.7 Å². The SMILES string of the molecule is O=C(NCc1n[nH]c(=O)[nH]1)NCc1nc(C2CCCCC2)no1. The zero-order valence-electron chi connectivity index (χ0n) is 12.6. The van der Waals surface area contributed by atoms with Gasteiger partial charge in [0.1, 0.15) is 5.82 Å². The highest BCUT2D eigenvalue weighted by atomic mass is 16.5. The predicted octanol–water partition coefficient (Wildman–Crippen LogP) is 0.528. The zero-order chi connectivity index (χ0) is 16.1. The van der Waals surface area contributed by atoms with Gasteiger partial charge in [0.2, 0.25) is 5.89 Å². The highest BCUT2D eigenvalue weighted by Gasteiger charge is 2.20. The van der Waals surface area contributed by atoms with Gasteiger partial charge in [0.25, 0.3) is 0 Å². The van der Waals surface area contributed by atoms with E-state index in [0.717, 1.165) is 18.7 Å². The second kappa shape index (κ2) is 7.07. The van der Waals surface area contributed by atoms with E-state index in [-0.39, 0.29) is 13.1 Å². The van der Waals surface area contributed by atoms with E-state index in [9.17, 15) is 9.59 Å². The fourth-order valence-corrected chi connectivity index (χ4v) is 2.64. The average Bonchev–Trinajstić information content (AvgIpc) is 3.21. The number of aromatic amines is 2. The van der Waals surface area contributed by atoms with Gasteiger partial charge in [-0.05, 0) is 12.8 Å². The smallest absolute Gasteiger partial charge is 0.337 e. The standard InChI is InChI=1S/C13H19N7O3/c21-12(14-6-9-16-13(22)19-18-9)15-7-10-17-11(20-23-10)8-4-2-1-3-5-8/h8H,1-7H2,(H2,14,15,21)(H2,16,18,19,22). The monoisotopic (exact) mass is 321 g/mol. The third-order valence-electron chi connectivity index (χ3n) is 3.82. The number of carbonyl (C=O) groups is 1. The maximum Gasteiger partial charge on any atom is 0.340 e. The number of hydrogen-bond donors (Lipinski definition) is 4. The molecule has 0 unspecified atom stereocenters. The number of carbonyl (C=O) groups excluding carboxylic acids is 1. The van der Waals surface area contributed by atoms with Crippen molar-refractivity contribution in [3.63, 3.8) is 0 Å². The Kier molecular flexibility index (Phi) is 4.69. The van der Waals surface area contributed by atoms with E-state index in [0.29, 0.717) is 17.6 Å². The van der Waals surface area contributed by atoms with Crippen LogP contribution in [0.3, 0.4) is 0 Å². The van der Waals surface area contributed by atoms with Crippen molar-refractivity contribution in [2.45, 2.75) is 51.1 Å². The van der Waals surface area contributed by atoms with E-state index in [4.69, 9.17) is 4.52 Å². The van der Waals surface area contributed by atoms with Crippen LogP contribution < -0.4 is 16.3 Å². The van der Waals surface area contributed by atoms with Gasteiger partial charge in [-0.2, -0.15) is 10.1 Å². The van der Waals surface area contributed by atoms with Crippen LogP contribution in [0.2, 0.25) is 0 Å². The molecule has 3 rings (SSSR count). The number of aromatic nitrogens is 5. The Morgan fingerprint density at radius 1 is 1.22 bits per heavy atom. The third kappa shape index (κ3) is 4.18. The first-order valence-corrected chi connectivity index (χ1v) is 7.68. The number of nitrogens with one attached hydrogen (secondary N) is 4. The highest BCUT2D eigenvalue weighted by Crippen LogP contribution is 2.30. The molecule has 0 saturated heterocycles. The lowest BCUT2D eigenvalue weighted by Gasteiger charge is -2.17. The molecule has 0 radical (unpaired) electrons. The molecule has 1 saturated carbocycles. The molecule has 0 bridgehead atoms. The Hall–Kier alpha value is -2.65. The fraction of sp³-hybridized carbons (Fsp3) is 0.615. The van der Waals surface area contributed by atoms with Crippen LogP contribution in [0.15, 0.2) is 9.32 Å². The van der Waals surface area contributed by atoms with E-state index < -0.39 is 11.7 Å². The first-order chi connectivity index (χ1) is 11.2. The maximum atomic E-state index is 11.7. The van der Waals surface area contributed by atoms with Gasteiger partial charge >= 0.3 is 11.7 Å². The summed E-state index contributed by atoms with van der Waals surface area (Å²) in [6.07, 6.45) is 5.85. The number of amides is 2. The molecule has 0 atom stereocenters. The molecule has 4 N–H and O–H groups in total. The molecular weight excluding hydrogens is 302 g/mol. The molecule has 1 aliphatic rings. The van der Waals surface area contributed by atoms with Gasteiger partial charge in [-0.15, -0.1) is 0 Å². The normalized spacial score (nSPS) is 15.5. The average molecular weight is 321 g/mol. The van der Waals surface area contributed by atoms with Crippen molar-refractivity contribution in [1.29, 1.82) is 0 Å². The number of urea groups is 1. The molecule has 2 amide bonds. The Labute approximate surface area is 131 Å². The molecule has 0 aliphatic heterocycles. The number of hydrogen-bond acceptors (Lipinski definition) is 6. The molecule has 23 heavy (non-hydrogen) atoms. The molecule has 10 heteroatoms. The van der Waals surface area contributed by atoms with Crippen LogP contribution in [-0.2, 0) is 13.1 Å². The number of rotatable bonds is 5. The van der Waals surface area contributed by atoms with Crippen molar-refractivity contribution in [3.05, 3.63) is 28.0 Å². The summed E-state index contributed by atoms with van der Waals surface area (Å²) in [5.74, 6) is 1.83. The van der Waals surface area contributed by atoms with E-state index >= 15 is 0 Å². The molecule has 0 aromatic carbocycles. The summed E-state index contributed by atoms with van der Waals surface area (Å²) >= 11 is 0. The largest absolute Gasteiger partial charge is 0.340 e. The molecule has 10 nitrogen and oxygen atoms in total. The minimum Gasteiger partial charge on any atom is -0.337 e. The third-order valence-corrected chi connectivity index (χ3v) is 3.82.